The van der Waals surface area contributed by atoms with Gasteiger partial charge in [0.05, 0.1) is 10.4 Å². The quantitative estimate of drug-likeness (QED) is 0.845. The van der Waals surface area contributed by atoms with E-state index in [9.17, 15) is 9.18 Å². The molecule has 1 aliphatic rings. The fourth-order valence-corrected chi connectivity index (χ4v) is 2.02. The van der Waals surface area contributed by atoms with Gasteiger partial charge in [-0.1, -0.05) is 17.7 Å². The summed E-state index contributed by atoms with van der Waals surface area (Å²) in [5.74, 6) is -1.33. The molecule has 0 amide bonds. The van der Waals surface area contributed by atoms with Crippen molar-refractivity contribution in [2.75, 3.05) is 0 Å². The molecule has 0 atom stereocenters. The van der Waals surface area contributed by atoms with Crippen molar-refractivity contribution < 1.29 is 14.3 Å². The lowest BCUT2D eigenvalue weighted by Gasteiger charge is -2.12. The van der Waals surface area contributed by atoms with Crippen molar-refractivity contribution in [2.24, 2.45) is 0 Å². The molecule has 2 nitrogen and oxygen atoms in total. The summed E-state index contributed by atoms with van der Waals surface area (Å²) in [4.78, 5) is 11.1. The first-order chi connectivity index (χ1) is 6.97. The molecule has 15 heavy (non-hydrogen) atoms. The molecule has 0 bridgehead atoms. The van der Waals surface area contributed by atoms with Crippen LogP contribution in [0.1, 0.15) is 24.0 Å². The third-order valence-electron chi connectivity index (χ3n) is 2.92. The van der Waals surface area contributed by atoms with Crippen LogP contribution in [0.5, 0.6) is 0 Å². The van der Waals surface area contributed by atoms with Crippen LogP contribution < -0.4 is 0 Å². The lowest BCUT2D eigenvalue weighted by atomic mass is 9.94. The topological polar surface area (TPSA) is 37.3 Å². The van der Waals surface area contributed by atoms with Crippen LogP contribution >= 0.6 is 11.6 Å². The summed E-state index contributed by atoms with van der Waals surface area (Å²) >= 11 is 5.69. The Labute approximate surface area is 91.7 Å². The minimum atomic E-state index is -0.857. The van der Waals surface area contributed by atoms with Gasteiger partial charge in [0.25, 0.3) is 0 Å². The van der Waals surface area contributed by atoms with Crippen molar-refractivity contribution in [3.8, 4) is 0 Å². The van der Waals surface area contributed by atoms with E-state index in [1.165, 1.54) is 6.07 Å². The Hall–Kier alpha value is -1.09. The lowest BCUT2D eigenvalue weighted by Crippen LogP contribution is -2.19. The van der Waals surface area contributed by atoms with Crippen LogP contribution in [0.2, 0.25) is 5.02 Å². The standard InChI is InChI=1S/C11H10ClFO2/c1-6-4-7(5-8(12)9(6)13)11(2-3-11)10(14)15/h4-5H,2-3H2,1H3,(H,14,15). The van der Waals surface area contributed by atoms with Gasteiger partial charge in [0.2, 0.25) is 0 Å². The smallest absolute Gasteiger partial charge is 0.314 e. The van der Waals surface area contributed by atoms with Crippen LogP contribution in [-0.2, 0) is 10.2 Å². The summed E-state index contributed by atoms with van der Waals surface area (Å²) in [5.41, 5.74) is 0.186. The molecular formula is C11H10ClFO2. The number of carbonyl (C=O) groups is 1. The first-order valence-electron chi connectivity index (χ1n) is 4.67. The maximum atomic E-state index is 13.2. The molecule has 4 heteroatoms. The molecule has 1 aliphatic carbocycles. The van der Waals surface area contributed by atoms with E-state index in [4.69, 9.17) is 16.7 Å². The first-order valence-corrected chi connectivity index (χ1v) is 5.05. The molecule has 1 aromatic carbocycles. The molecular weight excluding hydrogens is 219 g/mol. The van der Waals surface area contributed by atoms with Crippen molar-refractivity contribution in [3.05, 3.63) is 34.1 Å². The summed E-state index contributed by atoms with van der Waals surface area (Å²) < 4.78 is 13.2. The predicted octanol–water partition coefficient (Wildman–Crippen LogP) is 2.90. The van der Waals surface area contributed by atoms with Gasteiger partial charge in [-0.3, -0.25) is 4.79 Å². The second-order valence-electron chi connectivity index (χ2n) is 3.98. The van der Waals surface area contributed by atoms with Gasteiger partial charge in [-0.2, -0.15) is 0 Å². The lowest BCUT2D eigenvalue weighted by molar-refractivity contribution is -0.140. The van der Waals surface area contributed by atoms with Crippen LogP contribution in [0.15, 0.2) is 12.1 Å². The van der Waals surface area contributed by atoms with Crippen molar-refractivity contribution in [2.45, 2.75) is 25.2 Å². The van der Waals surface area contributed by atoms with Crippen LogP contribution in [0.4, 0.5) is 4.39 Å². The zero-order valence-corrected chi connectivity index (χ0v) is 8.94. The fraction of sp³-hybridized carbons (Fsp3) is 0.364. The molecule has 1 N–H and O–H groups in total. The summed E-state index contributed by atoms with van der Waals surface area (Å²) in [6.45, 7) is 1.59. The van der Waals surface area contributed by atoms with Gasteiger partial charge in [0, 0.05) is 0 Å². The van der Waals surface area contributed by atoms with Gasteiger partial charge in [-0.15, -0.1) is 0 Å². The van der Waals surface area contributed by atoms with Gasteiger partial charge in [-0.05, 0) is 37.0 Å². The number of hydrogen-bond acceptors (Lipinski definition) is 1. The molecule has 2 rings (SSSR count). The van der Waals surface area contributed by atoms with Gasteiger partial charge in [0.1, 0.15) is 5.82 Å². The first kappa shape index (κ1) is 10.4. The van der Waals surface area contributed by atoms with Crippen molar-refractivity contribution in [1.29, 1.82) is 0 Å². The number of aliphatic carboxylic acids is 1. The largest absolute Gasteiger partial charge is 0.481 e. The summed E-state index contributed by atoms with van der Waals surface area (Å²) in [6.07, 6.45) is 1.20. The molecule has 1 saturated carbocycles. The average Bonchev–Trinajstić information content (AvgIpc) is 2.93. The molecule has 0 radical (unpaired) electrons. The number of rotatable bonds is 2. The van der Waals surface area contributed by atoms with E-state index in [2.05, 4.69) is 0 Å². The van der Waals surface area contributed by atoms with E-state index in [-0.39, 0.29) is 5.02 Å². The fourth-order valence-electron chi connectivity index (χ4n) is 1.75. The molecule has 0 unspecified atom stereocenters. The Morgan fingerprint density at radius 2 is 2.13 bits per heavy atom. The minimum absolute atomic E-state index is 0.00229. The zero-order chi connectivity index (χ0) is 11.2. The SMILES string of the molecule is Cc1cc(C2(C(=O)O)CC2)cc(Cl)c1F. The molecule has 0 aromatic heterocycles. The average molecular weight is 229 g/mol. The van der Waals surface area contributed by atoms with Crippen molar-refractivity contribution >= 4 is 17.6 Å². The number of benzene rings is 1. The molecule has 0 saturated heterocycles. The Balaban J connectivity index is 2.51. The van der Waals surface area contributed by atoms with Gasteiger partial charge in [0.15, 0.2) is 0 Å². The molecule has 80 valence electrons. The van der Waals surface area contributed by atoms with Gasteiger partial charge < -0.3 is 5.11 Å². The summed E-state index contributed by atoms with van der Waals surface area (Å²) in [6, 6.07) is 2.99. The van der Waals surface area contributed by atoms with E-state index in [1.54, 1.807) is 13.0 Å². The maximum absolute atomic E-state index is 13.2. The van der Waals surface area contributed by atoms with Crippen LogP contribution in [0, 0.1) is 12.7 Å². The number of carboxylic acids is 1. The number of carboxylic acid groups (broad SMARTS) is 1. The summed E-state index contributed by atoms with van der Waals surface area (Å²) in [7, 11) is 0. The highest BCUT2D eigenvalue weighted by atomic mass is 35.5. The van der Waals surface area contributed by atoms with Gasteiger partial charge in [-0.25, -0.2) is 4.39 Å². The second kappa shape index (κ2) is 3.20. The molecule has 0 spiro atoms. The molecule has 1 aromatic rings. The van der Waals surface area contributed by atoms with Gasteiger partial charge >= 0.3 is 5.97 Å². The maximum Gasteiger partial charge on any atom is 0.314 e. The van der Waals surface area contributed by atoms with Crippen molar-refractivity contribution in [3.63, 3.8) is 0 Å². The van der Waals surface area contributed by atoms with E-state index >= 15 is 0 Å². The van der Waals surface area contributed by atoms with Crippen LogP contribution in [0.25, 0.3) is 0 Å². The molecule has 1 fully saturated rings. The van der Waals surface area contributed by atoms with E-state index in [0.717, 1.165) is 0 Å². The number of hydrogen-bond donors (Lipinski definition) is 1. The third-order valence-corrected chi connectivity index (χ3v) is 3.20. The molecule has 0 aliphatic heterocycles. The Kier molecular flexibility index (Phi) is 2.23. The highest BCUT2D eigenvalue weighted by Gasteiger charge is 2.52. The second-order valence-corrected chi connectivity index (χ2v) is 4.38. The van der Waals surface area contributed by atoms with E-state index < -0.39 is 17.2 Å². The highest BCUT2D eigenvalue weighted by molar-refractivity contribution is 6.30. The zero-order valence-electron chi connectivity index (χ0n) is 8.18. The Bertz CT molecular complexity index is 415. The van der Waals surface area contributed by atoms with E-state index in [0.29, 0.717) is 24.0 Å². The monoisotopic (exact) mass is 228 g/mol. The third kappa shape index (κ3) is 1.51. The minimum Gasteiger partial charge on any atom is -0.481 e. The highest BCUT2D eigenvalue weighted by Crippen LogP contribution is 2.49. The Morgan fingerprint density at radius 1 is 1.53 bits per heavy atom. The number of halogens is 2. The van der Waals surface area contributed by atoms with Crippen molar-refractivity contribution in [1.82, 2.24) is 0 Å². The molecule has 0 heterocycles. The predicted molar refractivity (Wildman–Crippen MR) is 54.7 cm³/mol. The Morgan fingerprint density at radius 3 is 2.53 bits per heavy atom. The van der Waals surface area contributed by atoms with Crippen LogP contribution in [-0.4, -0.2) is 11.1 Å². The number of aryl methyl sites for hydroxylation is 1. The van der Waals surface area contributed by atoms with E-state index in [1.807, 2.05) is 0 Å². The van der Waals surface area contributed by atoms with Crippen LogP contribution in [0.3, 0.4) is 0 Å². The normalized spacial score (nSPS) is 17.5. The summed E-state index contributed by atoms with van der Waals surface area (Å²) in [5, 5.41) is 9.07.